The van der Waals surface area contributed by atoms with Crippen LogP contribution in [0.2, 0.25) is 5.02 Å². The summed E-state index contributed by atoms with van der Waals surface area (Å²) in [7, 11) is 1.98. The number of rotatable bonds is 4. The van der Waals surface area contributed by atoms with Gasteiger partial charge in [-0.3, -0.25) is 5.01 Å². The van der Waals surface area contributed by atoms with Gasteiger partial charge in [-0.2, -0.15) is 5.10 Å². The SMILES string of the molecule is CN(Cc1cccc2ccccc12)/N=C/c1ccc(Cl)cc1. The van der Waals surface area contributed by atoms with E-state index in [-0.39, 0.29) is 0 Å². The van der Waals surface area contributed by atoms with Crippen LogP contribution in [0.3, 0.4) is 0 Å². The number of halogens is 1. The lowest BCUT2D eigenvalue weighted by Gasteiger charge is -2.14. The Morgan fingerprint density at radius 2 is 1.68 bits per heavy atom. The number of hydrazone groups is 1. The molecule has 3 aromatic carbocycles. The average molecular weight is 309 g/mol. The van der Waals surface area contributed by atoms with Crippen LogP contribution < -0.4 is 0 Å². The molecule has 0 aliphatic heterocycles. The molecule has 0 spiro atoms. The van der Waals surface area contributed by atoms with Gasteiger partial charge in [-0.25, -0.2) is 0 Å². The number of benzene rings is 3. The minimum absolute atomic E-state index is 0.737. The predicted molar refractivity (Wildman–Crippen MR) is 94.5 cm³/mol. The van der Waals surface area contributed by atoms with Crippen molar-refractivity contribution in [3.63, 3.8) is 0 Å². The zero-order valence-electron chi connectivity index (χ0n) is 12.4. The van der Waals surface area contributed by atoms with Gasteiger partial charge in [-0.15, -0.1) is 0 Å². The van der Waals surface area contributed by atoms with Crippen LogP contribution in [0.25, 0.3) is 10.8 Å². The van der Waals surface area contributed by atoms with Gasteiger partial charge >= 0.3 is 0 Å². The average Bonchev–Trinajstić information content (AvgIpc) is 2.55. The summed E-state index contributed by atoms with van der Waals surface area (Å²) >= 11 is 5.88. The van der Waals surface area contributed by atoms with E-state index in [0.717, 1.165) is 17.1 Å². The molecule has 0 aliphatic carbocycles. The van der Waals surface area contributed by atoms with E-state index in [1.807, 2.05) is 42.5 Å². The maximum atomic E-state index is 5.88. The smallest absolute Gasteiger partial charge is 0.0613 e. The zero-order chi connectivity index (χ0) is 15.4. The molecule has 0 aliphatic rings. The molecule has 0 heterocycles. The fourth-order valence-corrected chi connectivity index (χ4v) is 2.56. The first-order chi connectivity index (χ1) is 10.7. The summed E-state index contributed by atoms with van der Waals surface area (Å²) in [5, 5.41) is 9.71. The first kappa shape index (κ1) is 14.6. The van der Waals surface area contributed by atoms with Crippen LogP contribution in [0.1, 0.15) is 11.1 Å². The molecule has 0 bridgehead atoms. The van der Waals surface area contributed by atoms with Gasteiger partial charge < -0.3 is 0 Å². The summed E-state index contributed by atoms with van der Waals surface area (Å²) in [6.07, 6.45) is 1.85. The molecule has 0 unspecified atom stereocenters. The summed E-state index contributed by atoms with van der Waals surface area (Å²) < 4.78 is 0. The summed E-state index contributed by atoms with van der Waals surface area (Å²) in [4.78, 5) is 0. The molecule has 0 saturated heterocycles. The molecule has 3 aromatic rings. The van der Waals surface area contributed by atoms with Gasteiger partial charge in [0.2, 0.25) is 0 Å². The van der Waals surface area contributed by atoms with Gasteiger partial charge in [-0.1, -0.05) is 66.2 Å². The van der Waals surface area contributed by atoms with Crippen molar-refractivity contribution >= 4 is 28.6 Å². The highest BCUT2D eigenvalue weighted by molar-refractivity contribution is 6.30. The van der Waals surface area contributed by atoms with Crippen molar-refractivity contribution in [2.45, 2.75) is 6.54 Å². The van der Waals surface area contributed by atoms with Crippen molar-refractivity contribution < 1.29 is 0 Å². The Kier molecular flexibility index (Phi) is 4.40. The quantitative estimate of drug-likeness (QED) is 0.491. The second-order valence-electron chi connectivity index (χ2n) is 5.25. The van der Waals surface area contributed by atoms with Crippen LogP contribution in [0.15, 0.2) is 71.8 Å². The molecule has 2 nitrogen and oxygen atoms in total. The van der Waals surface area contributed by atoms with Gasteiger partial charge in [0.15, 0.2) is 0 Å². The van der Waals surface area contributed by atoms with Crippen LogP contribution in [0.4, 0.5) is 0 Å². The van der Waals surface area contributed by atoms with Crippen LogP contribution in [0.5, 0.6) is 0 Å². The highest BCUT2D eigenvalue weighted by atomic mass is 35.5. The van der Waals surface area contributed by atoms with E-state index in [4.69, 9.17) is 11.6 Å². The third-order valence-corrected chi connectivity index (χ3v) is 3.81. The normalized spacial score (nSPS) is 11.2. The minimum Gasteiger partial charge on any atom is -0.296 e. The van der Waals surface area contributed by atoms with Gasteiger partial charge in [0.05, 0.1) is 12.8 Å². The lowest BCUT2D eigenvalue weighted by atomic mass is 10.0. The van der Waals surface area contributed by atoms with Gasteiger partial charge in [0, 0.05) is 12.1 Å². The second kappa shape index (κ2) is 6.63. The van der Waals surface area contributed by atoms with Gasteiger partial charge in [0.1, 0.15) is 0 Å². The summed E-state index contributed by atoms with van der Waals surface area (Å²) in [5.74, 6) is 0. The van der Waals surface area contributed by atoms with Crippen molar-refractivity contribution in [1.82, 2.24) is 5.01 Å². The summed E-state index contributed by atoms with van der Waals surface area (Å²) in [6.45, 7) is 0.769. The Balaban J connectivity index is 1.75. The molecule has 22 heavy (non-hydrogen) atoms. The largest absolute Gasteiger partial charge is 0.296 e. The molecule has 0 N–H and O–H groups in total. The minimum atomic E-state index is 0.737. The molecular formula is C19H17ClN2. The lowest BCUT2D eigenvalue weighted by Crippen LogP contribution is -2.11. The van der Waals surface area contributed by atoms with Crippen LogP contribution in [-0.2, 0) is 6.54 Å². The molecule has 0 saturated carbocycles. The molecule has 3 heteroatoms. The standard InChI is InChI=1S/C19H17ClN2/c1-22(21-13-15-9-11-18(20)12-10-15)14-17-7-4-6-16-5-2-3-8-19(16)17/h2-13H,14H2,1H3/b21-13+. The van der Waals surface area contributed by atoms with E-state index in [1.54, 1.807) is 0 Å². The monoisotopic (exact) mass is 308 g/mol. The zero-order valence-corrected chi connectivity index (χ0v) is 13.2. The number of fused-ring (bicyclic) bond motifs is 1. The van der Waals surface area contributed by atoms with Gasteiger partial charge in [-0.05, 0) is 34.0 Å². The van der Waals surface area contributed by atoms with E-state index < -0.39 is 0 Å². The van der Waals surface area contributed by atoms with Crippen LogP contribution in [-0.4, -0.2) is 18.3 Å². The fraction of sp³-hybridized carbons (Fsp3) is 0.105. The topological polar surface area (TPSA) is 15.6 Å². The summed E-state index contributed by atoms with van der Waals surface area (Å²) in [5.41, 5.74) is 2.31. The van der Waals surface area contributed by atoms with Gasteiger partial charge in [0.25, 0.3) is 0 Å². The van der Waals surface area contributed by atoms with Crippen molar-refractivity contribution in [2.75, 3.05) is 7.05 Å². The van der Waals surface area contributed by atoms with Crippen molar-refractivity contribution in [1.29, 1.82) is 0 Å². The molecule has 0 amide bonds. The highest BCUT2D eigenvalue weighted by Crippen LogP contribution is 2.19. The molecule has 110 valence electrons. The Bertz CT molecular complexity index is 789. The maximum Gasteiger partial charge on any atom is 0.0613 e. The van der Waals surface area contributed by atoms with E-state index in [2.05, 4.69) is 47.6 Å². The predicted octanol–water partition coefficient (Wildman–Crippen LogP) is 4.96. The Hall–Kier alpha value is -2.32. The molecular weight excluding hydrogens is 292 g/mol. The first-order valence-electron chi connectivity index (χ1n) is 7.20. The molecule has 0 radical (unpaired) electrons. The number of nitrogens with zero attached hydrogens (tertiary/aromatic N) is 2. The third kappa shape index (κ3) is 3.46. The molecule has 0 aromatic heterocycles. The number of hydrogen-bond acceptors (Lipinski definition) is 2. The molecule has 0 atom stereocenters. The van der Waals surface area contributed by atoms with Crippen molar-refractivity contribution in [3.8, 4) is 0 Å². The van der Waals surface area contributed by atoms with Crippen molar-refractivity contribution in [2.24, 2.45) is 5.10 Å². The first-order valence-corrected chi connectivity index (χ1v) is 7.57. The Morgan fingerprint density at radius 3 is 2.50 bits per heavy atom. The number of hydrogen-bond donors (Lipinski definition) is 0. The fourth-order valence-electron chi connectivity index (χ4n) is 2.43. The van der Waals surface area contributed by atoms with Crippen molar-refractivity contribution in [3.05, 3.63) is 82.9 Å². The van der Waals surface area contributed by atoms with E-state index >= 15 is 0 Å². The maximum absolute atomic E-state index is 5.88. The Labute approximate surface area is 135 Å². The lowest BCUT2D eigenvalue weighted by molar-refractivity contribution is 0.350. The molecule has 3 rings (SSSR count). The van der Waals surface area contributed by atoms with E-state index in [9.17, 15) is 0 Å². The van der Waals surface area contributed by atoms with Crippen LogP contribution >= 0.6 is 11.6 Å². The highest BCUT2D eigenvalue weighted by Gasteiger charge is 2.02. The van der Waals surface area contributed by atoms with E-state index in [1.165, 1.54) is 16.3 Å². The Morgan fingerprint density at radius 1 is 0.955 bits per heavy atom. The molecule has 0 fully saturated rings. The van der Waals surface area contributed by atoms with Crippen LogP contribution in [0, 0.1) is 0 Å². The van der Waals surface area contributed by atoms with E-state index in [0.29, 0.717) is 0 Å². The second-order valence-corrected chi connectivity index (χ2v) is 5.69. The third-order valence-electron chi connectivity index (χ3n) is 3.55. The summed E-state index contributed by atoms with van der Waals surface area (Å²) in [6, 6.07) is 22.5.